The Labute approximate surface area is 84.9 Å². The molecule has 1 rings (SSSR count). The molecule has 0 saturated carbocycles. The van der Waals surface area contributed by atoms with Crippen molar-refractivity contribution < 1.29 is 4.52 Å². The Morgan fingerprint density at radius 1 is 1.43 bits per heavy atom. The van der Waals surface area contributed by atoms with Gasteiger partial charge in [0.1, 0.15) is 0 Å². The maximum atomic E-state index is 5.85. The van der Waals surface area contributed by atoms with Crippen LogP contribution in [0.3, 0.4) is 0 Å². The van der Waals surface area contributed by atoms with Crippen molar-refractivity contribution in [3.8, 4) is 0 Å². The van der Waals surface area contributed by atoms with Crippen LogP contribution in [0.15, 0.2) is 4.52 Å². The van der Waals surface area contributed by atoms with Gasteiger partial charge in [0.05, 0.1) is 0 Å². The molecule has 2 N–H and O–H groups in total. The monoisotopic (exact) mass is 197 g/mol. The average Bonchev–Trinajstić information content (AvgIpc) is 2.46. The standard InChI is InChI=1S/C10H19N3O/c1-4-5-6-8-12-9(14-13-8)7-10(2,3)11/h4-7,11H2,1-3H3. The van der Waals surface area contributed by atoms with Crippen LogP contribution >= 0.6 is 0 Å². The molecule has 0 aromatic carbocycles. The number of aryl methyl sites for hydroxylation is 1. The molecule has 0 atom stereocenters. The molecule has 0 radical (unpaired) electrons. The van der Waals surface area contributed by atoms with E-state index in [1.54, 1.807) is 0 Å². The highest BCUT2D eigenvalue weighted by atomic mass is 16.5. The van der Waals surface area contributed by atoms with Crippen molar-refractivity contribution >= 4 is 0 Å². The molecule has 0 amide bonds. The first kappa shape index (κ1) is 11.2. The fourth-order valence-electron chi connectivity index (χ4n) is 1.19. The summed E-state index contributed by atoms with van der Waals surface area (Å²) in [7, 11) is 0. The van der Waals surface area contributed by atoms with Crippen molar-refractivity contribution in [2.45, 2.75) is 52.0 Å². The summed E-state index contributed by atoms with van der Waals surface area (Å²) in [5.41, 5.74) is 5.57. The topological polar surface area (TPSA) is 64.9 Å². The molecule has 1 aromatic rings. The zero-order chi connectivity index (χ0) is 10.6. The predicted octanol–water partition coefficient (Wildman–Crippen LogP) is 1.69. The zero-order valence-corrected chi connectivity index (χ0v) is 9.21. The van der Waals surface area contributed by atoms with Gasteiger partial charge in [-0.1, -0.05) is 18.5 Å². The molecule has 0 saturated heterocycles. The van der Waals surface area contributed by atoms with Gasteiger partial charge in [0.25, 0.3) is 0 Å². The van der Waals surface area contributed by atoms with E-state index in [1.165, 1.54) is 0 Å². The molecule has 80 valence electrons. The molecule has 0 spiro atoms. The van der Waals surface area contributed by atoms with Gasteiger partial charge in [0, 0.05) is 18.4 Å². The van der Waals surface area contributed by atoms with E-state index in [-0.39, 0.29) is 5.54 Å². The maximum Gasteiger partial charge on any atom is 0.228 e. The summed E-state index contributed by atoms with van der Waals surface area (Å²) in [4.78, 5) is 4.28. The molecular formula is C10H19N3O. The number of unbranched alkanes of at least 4 members (excludes halogenated alkanes) is 1. The van der Waals surface area contributed by atoms with Gasteiger partial charge >= 0.3 is 0 Å². The van der Waals surface area contributed by atoms with E-state index in [4.69, 9.17) is 10.3 Å². The molecule has 0 fully saturated rings. The van der Waals surface area contributed by atoms with Crippen LogP contribution in [0, 0.1) is 0 Å². The third kappa shape index (κ3) is 3.87. The van der Waals surface area contributed by atoms with Gasteiger partial charge in [-0.25, -0.2) is 0 Å². The average molecular weight is 197 g/mol. The van der Waals surface area contributed by atoms with Gasteiger partial charge in [-0.05, 0) is 20.3 Å². The molecule has 4 heteroatoms. The normalized spacial score (nSPS) is 12.0. The SMILES string of the molecule is CCCCc1noc(CC(C)(C)N)n1. The molecule has 4 nitrogen and oxygen atoms in total. The van der Waals surface area contributed by atoms with E-state index in [0.29, 0.717) is 12.3 Å². The van der Waals surface area contributed by atoms with Crippen LogP contribution in [0.5, 0.6) is 0 Å². The Kier molecular flexibility index (Phi) is 3.63. The number of hydrogen-bond acceptors (Lipinski definition) is 4. The number of aromatic nitrogens is 2. The highest BCUT2D eigenvalue weighted by Gasteiger charge is 2.16. The lowest BCUT2D eigenvalue weighted by atomic mass is 10.0. The van der Waals surface area contributed by atoms with Crippen LogP contribution in [0.25, 0.3) is 0 Å². The second-order valence-corrected chi connectivity index (χ2v) is 4.37. The summed E-state index contributed by atoms with van der Waals surface area (Å²) in [6.07, 6.45) is 3.77. The first-order valence-electron chi connectivity index (χ1n) is 5.11. The highest BCUT2D eigenvalue weighted by Crippen LogP contribution is 2.09. The van der Waals surface area contributed by atoms with Gasteiger partial charge in [-0.15, -0.1) is 0 Å². The minimum Gasteiger partial charge on any atom is -0.339 e. The fourth-order valence-corrected chi connectivity index (χ4v) is 1.19. The molecule has 1 aromatic heterocycles. The van der Waals surface area contributed by atoms with Crippen LogP contribution in [0.1, 0.15) is 45.3 Å². The molecule has 14 heavy (non-hydrogen) atoms. The Bertz CT molecular complexity index is 275. The molecule has 0 aliphatic heterocycles. The summed E-state index contributed by atoms with van der Waals surface area (Å²) in [5.74, 6) is 1.44. The molecule has 0 unspecified atom stereocenters. The van der Waals surface area contributed by atoms with Crippen molar-refractivity contribution in [3.05, 3.63) is 11.7 Å². The minimum atomic E-state index is -0.283. The molecular weight excluding hydrogens is 178 g/mol. The molecule has 0 aliphatic rings. The van der Waals surface area contributed by atoms with Crippen LogP contribution in [-0.2, 0) is 12.8 Å². The number of rotatable bonds is 5. The smallest absolute Gasteiger partial charge is 0.228 e. The molecule has 0 bridgehead atoms. The zero-order valence-electron chi connectivity index (χ0n) is 9.21. The summed E-state index contributed by atoms with van der Waals surface area (Å²) < 4.78 is 5.10. The van der Waals surface area contributed by atoms with Crippen LogP contribution in [0.4, 0.5) is 0 Å². The van der Waals surface area contributed by atoms with Crippen molar-refractivity contribution in [1.29, 1.82) is 0 Å². The highest BCUT2D eigenvalue weighted by molar-refractivity contribution is 4.92. The summed E-state index contributed by atoms with van der Waals surface area (Å²) >= 11 is 0. The van der Waals surface area contributed by atoms with Gasteiger partial charge in [-0.3, -0.25) is 0 Å². The maximum absolute atomic E-state index is 5.85. The third-order valence-corrected chi connectivity index (χ3v) is 1.87. The molecule has 0 aliphatic carbocycles. The van der Waals surface area contributed by atoms with Crippen molar-refractivity contribution in [2.24, 2.45) is 5.73 Å². The summed E-state index contributed by atoms with van der Waals surface area (Å²) in [5, 5.41) is 3.90. The second kappa shape index (κ2) is 4.55. The quantitative estimate of drug-likeness (QED) is 0.780. The lowest BCUT2D eigenvalue weighted by Crippen LogP contribution is -2.34. The summed E-state index contributed by atoms with van der Waals surface area (Å²) in [6.45, 7) is 6.04. The van der Waals surface area contributed by atoms with E-state index in [1.807, 2.05) is 13.8 Å². The largest absolute Gasteiger partial charge is 0.339 e. The van der Waals surface area contributed by atoms with Crippen LogP contribution in [-0.4, -0.2) is 15.7 Å². The first-order valence-corrected chi connectivity index (χ1v) is 5.11. The van der Waals surface area contributed by atoms with E-state index in [9.17, 15) is 0 Å². The minimum absolute atomic E-state index is 0.283. The van der Waals surface area contributed by atoms with Gasteiger partial charge < -0.3 is 10.3 Å². The van der Waals surface area contributed by atoms with E-state index >= 15 is 0 Å². The summed E-state index contributed by atoms with van der Waals surface area (Å²) in [6, 6.07) is 0. The lowest BCUT2D eigenvalue weighted by molar-refractivity contribution is 0.344. The van der Waals surface area contributed by atoms with E-state index in [0.717, 1.165) is 25.1 Å². The Morgan fingerprint density at radius 2 is 2.14 bits per heavy atom. The predicted molar refractivity (Wildman–Crippen MR) is 54.9 cm³/mol. The first-order chi connectivity index (χ1) is 6.51. The van der Waals surface area contributed by atoms with Gasteiger partial charge in [0.2, 0.25) is 5.89 Å². The van der Waals surface area contributed by atoms with Crippen molar-refractivity contribution in [2.75, 3.05) is 0 Å². The fraction of sp³-hybridized carbons (Fsp3) is 0.800. The third-order valence-electron chi connectivity index (χ3n) is 1.87. The van der Waals surface area contributed by atoms with Crippen LogP contribution < -0.4 is 5.73 Å². The van der Waals surface area contributed by atoms with Crippen molar-refractivity contribution in [3.63, 3.8) is 0 Å². The Morgan fingerprint density at radius 3 is 2.71 bits per heavy atom. The Hall–Kier alpha value is -0.900. The second-order valence-electron chi connectivity index (χ2n) is 4.37. The van der Waals surface area contributed by atoms with Gasteiger partial charge in [-0.2, -0.15) is 4.98 Å². The van der Waals surface area contributed by atoms with Gasteiger partial charge in [0.15, 0.2) is 5.82 Å². The Balaban J connectivity index is 2.51. The van der Waals surface area contributed by atoms with E-state index in [2.05, 4.69) is 17.1 Å². The molecule has 1 heterocycles. The van der Waals surface area contributed by atoms with E-state index < -0.39 is 0 Å². The lowest BCUT2D eigenvalue weighted by Gasteiger charge is -2.14. The van der Waals surface area contributed by atoms with Crippen LogP contribution in [0.2, 0.25) is 0 Å². The van der Waals surface area contributed by atoms with Crippen molar-refractivity contribution in [1.82, 2.24) is 10.1 Å². The number of hydrogen-bond donors (Lipinski definition) is 1. The number of nitrogens with zero attached hydrogens (tertiary/aromatic N) is 2. The number of nitrogens with two attached hydrogens (primary N) is 1.